The lowest BCUT2D eigenvalue weighted by atomic mass is 10.4. The van der Waals surface area contributed by atoms with Crippen LogP contribution >= 0.6 is 19.4 Å². The smallest absolute Gasteiger partial charge is 0.305 e. The molecule has 3 nitrogen and oxygen atoms in total. The SMILES string of the molecule is CCOP(=O)(OCCSC)c1ccccc1. The van der Waals surface area contributed by atoms with Gasteiger partial charge in [-0.25, -0.2) is 0 Å². The molecular formula is C11H17O3PS. The number of rotatable bonds is 7. The third kappa shape index (κ3) is 3.95. The third-order valence-electron chi connectivity index (χ3n) is 1.92. The molecule has 0 heterocycles. The quantitative estimate of drug-likeness (QED) is 0.558. The van der Waals surface area contributed by atoms with E-state index < -0.39 is 7.60 Å². The molecule has 1 aromatic rings. The van der Waals surface area contributed by atoms with E-state index in [2.05, 4.69) is 0 Å². The highest BCUT2D eigenvalue weighted by molar-refractivity contribution is 7.98. The highest BCUT2D eigenvalue weighted by atomic mass is 32.2. The van der Waals surface area contributed by atoms with Crippen molar-refractivity contribution >= 4 is 24.7 Å². The lowest BCUT2D eigenvalue weighted by Gasteiger charge is -2.17. The number of hydrogen-bond acceptors (Lipinski definition) is 4. The van der Waals surface area contributed by atoms with Gasteiger partial charge < -0.3 is 9.05 Å². The van der Waals surface area contributed by atoms with E-state index in [-0.39, 0.29) is 0 Å². The minimum absolute atomic E-state index is 0.380. The highest BCUT2D eigenvalue weighted by Crippen LogP contribution is 2.46. The molecule has 1 aromatic carbocycles. The summed E-state index contributed by atoms with van der Waals surface area (Å²) >= 11 is 1.65. The van der Waals surface area contributed by atoms with Gasteiger partial charge >= 0.3 is 7.60 Å². The zero-order chi connectivity index (χ0) is 11.9. The van der Waals surface area contributed by atoms with Crippen molar-refractivity contribution in [3.05, 3.63) is 30.3 Å². The molecule has 0 saturated carbocycles. The first kappa shape index (κ1) is 13.8. The molecule has 0 bridgehead atoms. The van der Waals surface area contributed by atoms with E-state index in [0.717, 1.165) is 5.75 Å². The summed E-state index contributed by atoms with van der Waals surface area (Å²) in [5, 5.41) is 0.623. The topological polar surface area (TPSA) is 35.5 Å². The van der Waals surface area contributed by atoms with E-state index in [4.69, 9.17) is 9.05 Å². The van der Waals surface area contributed by atoms with Gasteiger partial charge in [-0.05, 0) is 25.3 Å². The van der Waals surface area contributed by atoms with Crippen molar-refractivity contribution in [2.75, 3.05) is 25.2 Å². The predicted molar refractivity (Wildman–Crippen MR) is 69.6 cm³/mol. The Morgan fingerprint density at radius 3 is 2.50 bits per heavy atom. The Bertz CT molecular complexity index is 342. The molecule has 5 heteroatoms. The lowest BCUT2D eigenvalue weighted by molar-refractivity contribution is 0.231. The second kappa shape index (κ2) is 7.13. The Hall–Kier alpha value is -0.280. The van der Waals surface area contributed by atoms with Crippen LogP contribution in [0.15, 0.2) is 30.3 Å². The van der Waals surface area contributed by atoms with Crippen LogP contribution in [0.2, 0.25) is 0 Å². The maximum absolute atomic E-state index is 12.4. The minimum Gasteiger partial charge on any atom is -0.305 e. The Morgan fingerprint density at radius 1 is 1.25 bits per heavy atom. The summed E-state index contributed by atoms with van der Waals surface area (Å²) in [7, 11) is -3.11. The summed E-state index contributed by atoms with van der Waals surface area (Å²) in [6.45, 7) is 2.63. The number of thioether (sulfide) groups is 1. The molecule has 16 heavy (non-hydrogen) atoms. The van der Waals surface area contributed by atoms with Crippen LogP contribution in [0.4, 0.5) is 0 Å². The van der Waals surface area contributed by atoms with Crippen molar-refractivity contribution in [1.29, 1.82) is 0 Å². The van der Waals surface area contributed by atoms with Gasteiger partial charge in [0.05, 0.1) is 18.5 Å². The first-order valence-corrected chi connectivity index (χ1v) is 8.10. The van der Waals surface area contributed by atoms with Crippen LogP contribution < -0.4 is 5.30 Å². The molecular weight excluding hydrogens is 243 g/mol. The molecule has 0 spiro atoms. The molecule has 1 rings (SSSR count). The Kier molecular flexibility index (Phi) is 6.14. The van der Waals surface area contributed by atoms with Crippen LogP contribution in [0, 0.1) is 0 Å². The van der Waals surface area contributed by atoms with Gasteiger partial charge in [0, 0.05) is 5.75 Å². The van der Waals surface area contributed by atoms with E-state index in [1.54, 1.807) is 23.9 Å². The fourth-order valence-corrected chi connectivity index (χ4v) is 3.16. The fraction of sp³-hybridized carbons (Fsp3) is 0.455. The average molecular weight is 260 g/mol. The van der Waals surface area contributed by atoms with Gasteiger partial charge in [-0.3, -0.25) is 4.57 Å². The van der Waals surface area contributed by atoms with E-state index in [9.17, 15) is 4.57 Å². The molecule has 0 saturated heterocycles. The third-order valence-corrected chi connectivity index (χ3v) is 4.55. The zero-order valence-electron chi connectivity index (χ0n) is 9.59. The first-order valence-electron chi connectivity index (χ1n) is 5.16. The van der Waals surface area contributed by atoms with Gasteiger partial charge in [0.2, 0.25) is 0 Å². The molecule has 1 unspecified atom stereocenters. The second-order valence-corrected chi connectivity index (χ2v) is 6.09. The average Bonchev–Trinajstić information content (AvgIpc) is 2.31. The summed E-state index contributed by atoms with van der Waals surface area (Å²) in [5.74, 6) is 0.809. The standard InChI is InChI=1S/C11H17O3PS/c1-3-13-15(12,14-9-10-16-2)11-7-5-4-6-8-11/h4-8H,3,9-10H2,1-2H3. The van der Waals surface area contributed by atoms with Gasteiger partial charge in [-0.1, -0.05) is 18.2 Å². The van der Waals surface area contributed by atoms with Crippen molar-refractivity contribution in [2.24, 2.45) is 0 Å². The maximum atomic E-state index is 12.4. The van der Waals surface area contributed by atoms with Crippen molar-refractivity contribution in [2.45, 2.75) is 6.92 Å². The lowest BCUT2D eigenvalue weighted by Crippen LogP contribution is -2.11. The summed E-state index contributed by atoms with van der Waals surface area (Å²) in [6, 6.07) is 9.09. The van der Waals surface area contributed by atoms with Gasteiger partial charge in [-0.2, -0.15) is 11.8 Å². The van der Waals surface area contributed by atoms with Crippen LogP contribution in [0.25, 0.3) is 0 Å². The Morgan fingerprint density at radius 2 is 1.94 bits per heavy atom. The van der Waals surface area contributed by atoms with Gasteiger partial charge in [0.1, 0.15) is 0 Å². The molecule has 0 radical (unpaired) electrons. The number of hydrogen-bond donors (Lipinski definition) is 0. The predicted octanol–water partition coefficient (Wildman–Crippen LogP) is 2.92. The molecule has 0 aromatic heterocycles. The molecule has 0 N–H and O–H groups in total. The van der Waals surface area contributed by atoms with Gasteiger partial charge in [0.15, 0.2) is 0 Å². The fourth-order valence-electron chi connectivity index (χ4n) is 1.21. The normalized spacial score (nSPS) is 14.6. The summed E-state index contributed by atoms with van der Waals surface area (Å²) in [5.41, 5.74) is 0. The highest BCUT2D eigenvalue weighted by Gasteiger charge is 2.26. The van der Waals surface area contributed by atoms with Crippen LogP contribution in [-0.2, 0) is 13.6 Å². The van der Waals surface area contributed by atoms with Gasteiger partial charge in [-0.15, -0.1) is 0 Å². The summed E-state index contributed by atoms with van der Waals surface area (Å²) in [6.07, 6.45) is 1.98. The van der Waals surface area contributed by atoms with Crippen molar-refractivity contribution < 1.29 is 13.6 Å². The monoisotopic (exact) mass is 260 g/mol. The van der Waals surface area contributed by atoms with E-state index in [0.29, 0.717) is 18.5 Å². The molecule has 0 aliphatic rings. The van der Waals surface area contributed by atoms with Crippen LogP contribution in [-0.4, -0.2) is 25.2 Å². The van der Waals surface area contributed by atoms with Crippen molar-refractivity contribution in [3.63, 3.8) is 0 Å². The molecule has 0 fully saturated rings. The van der Waals surface area contributed by atoms with E-state index in [1.165, 1.54) is 0 Å². The Labute approximate surface area is 101 Å². The van der Waals surface area contributed by atoms with Crippen LogP contribution in [0.5, 0.6) is 0 Å². The Balaban J connectivity index is 2.76. The summed E-state index contributed by atoms with van der Waals surface area (Å²) < 4.78 is 23.1. The molecule has 0 aliphatic carbocycles. The molecule has 0 amide bonds. The van der Waals surface area contributed by atoms with E-state index in [1.807, 2.05) is 31.4 Å². The minimum atomic E-state index is -3.11. The van der Waals surface area contributed by atoms with Crippen molar-refractivity contribution in [3.8, 4) is 0 Å². The zero-order valence-corrected chi connectivity index (χ0v) is 11.3. The van der Waals surface area contributed by atoms with Crippen LogP contribution in [0.1, 0.15) is 6.92 Å². The van der Waals surface area contributed by atoms with Crippen LogP contribution in [0.3, 0.4) is 0 Å². The first-order chi connectivity index (χ1) is 7.73. The summed E-state index contributed by atoms with van der Waals surface area (Å²) in [4.78, 5) is 0. The second-order valence-electron chi connectivity index (χ2n) is 3.08. The molecule has 0 aliphatic heterocycles. The molecule has 1 atom stereocenters. The maximum Gasteiger partial charge on any atom is 0.361 e. The number of benzene rings is 1. The molecule has 90 valence electrons. The largest absolute Gasteiger partial charge is 0.361 e. The van der Waals surface area contributed by atoms with Gasteiger partial charge in [0.25, 0.3) is 0 Å². The van der Waals surface area contributed by atoms with Crippen molar-refractivity contribution in [1.82, 2.24) is 0 Å². The van der Waals surface area contributed by atoms with E-state index >= 15 is 0 Å².